The average molecular weight is 366 g/mol. The van der Waals surface area contributed by atoms with Gasteiger partial charge in [0.25, 0.3) is 5.66 Å². The van der Waals surface area contributed by atoms with Gasteiger partial charge >= 0.3 is 0 Å². The van der Waals surface area contributed by atoms with Crippen molar-refractivity contribution >= 4 is 17.1 Å². The fourth-order valence-electron chi connectivity index (χ4n) is 3.45. The van der Waals surface area contributed by atoms with Gasteiger partial charge in [0.15, 0.2) is 0 Å². The molecule has 0 bridgehead atoms. The Hall–Kier alpha value is -2.70. The standard InChI is InChI=1S/C21H26N4O2/c1-15-11-13-17(14-12-15)19-20(3,4)25(27)21(5,24(19)26)16(2)22-23-18-9-7-6-8-10-18/h6-14,23,27H,1-5H3. The monoisotopic (exact) mass is 366 g/mol. The van der Waals surface area contributed by atoms with Crippen LogP contribution in [0.1, 0.15) is 38.8 Å². The first-order valence-electron chi connectivity index (χ1n) is 8.96. The molecule has 1 heterocycles. The van der Waals surface area contributed by atoms with Crippen LogP contribution >= 0.6 is 0 Å². The minimum Gasteiger partial charge on any atom is -0.622 e. The lowest BCUT2D eigenvalue weighted by molar-refractivity contribution is -0.560. The molecule has 1 unspecified atom stereocenters. The van der Waals surface area contributed by atoms with E-state index in [1.54, 1.807) is 13.8 Å². The van der Waals surface area contributed by atoms with E-state index in [1.165, 1.54) is 0 Å². The fourth-order valence-corrected chi connectivity index (χ4v) is 3.45. The summed E-state index contributed by atoms with van der Waals surface area (Å²) in [5, 5.41) is 29.8. The van der Waals surface area contributed by atoms with Crippen molar-refractivity contribution < 1.29 is 9.95 Å². The second-order valence-corrected chi connectivity index (χ2v) is 7.58. The third-order valence-electron chi connectivity index (χ3n) is 5.26. The predicted octanol–water partition coefficient (Wildman–Crippen LogP) is 3.98. The van der Waals surface area contributed by atoms with Crippen LogP contribution in [0.15, 0.2) is 59.7 Å². The molecule has 1 aliphatic rings. The minimum absolute atomic E-state index is 0.457. The SMILES string of the molecule is CC(=NNc1ccccc1)C1(C)N(O)C(C)(C)C(c2ccc(C)cc2)=[N+]1[O-]. The van der Waals surface area contributed by atoms with Crippen molar-refractivity contribution in [3.05, 3.63) is 70.9 Å². The normalized spacial score (nSPS) is 23.0. The zero-order valence-electron chi connectivity index (χ0n) is 16.4. The summed E-state index contributed by atoms with van der Waals surface area (Å²) < 4.78 is 0.864. The maximum atomic E-state index is 13.4. The molecule has 1 aliphatic heterocycles. The molecule has 0 aliphatic carbocycles. The molecule has 3 rings (SSSR count). The molecule has 2 aromatic carbocycles. The van der Waals surface area contributed by atoms with Gasteiger partial charge in [0, 0.05) is 12.5 Å². The lowest BCUT2D eigenvalue weighted by Gasteiger charge is -2.32. The summed E-state index contributed by atoms with van der Waals surface area (Å²) in [6, 6.07) is 17.2. The average Bonchev–Trinajstić information content (AvgIpc) is 2.79. The molecule has 2 N–H and O–H groups in total. The number of hydrazone groups is 1. The van der Waals surface area contributed by atoms with Gasteiger partial charge in [-0.2, -0.15) is 9.84 Å². The largest absolute Gasteiger partial charge is 0.622 e. The highest BCUT2D eigenvalue weighted by Gasteiger charge is 2.61. The second kappa shape index (κ2) is 6.79. The lowest BCUT2D eigenvalue weighted by atomic mass is 9.92. The van der Waals surface area contributed by atoms with Gasteiger partial charge in [-0.05, 0) is 52.0 Å². The smallest absolute Gasteiger partial charge is 0.289 e. The van der Waals surface area contributed by atoms with Crippen LogP contribution in [0.3, 0.4) is 0 Å². The predicted molar refractivity (Wildman–Crippen MR) is 108 cm³/mol. The molecular weight excluding hydrogens is 340 g/mol. The van der Waals surface area contributed by atoms with Crippen molar-refractivity contribution in [1.82, 2.24) is 5.06 Å². The zero-order chi connectivity index (χ0) is 19.8. The van der Waals surface area contributed by atoms with Gasteiger partial charge in [-0.25, -0.2) is 0 Å². The van der Waals surface area contributed by atoms with E-state index in [0.717, 1.165) is 26.6 Å². The molecular formula is C21H26N4O2. The Kier molecular flexibility index (Phi) is 4.80. The summed E-state index contributed by atoms with van der Waals surface area (Å²) in [5.74, 6) is 0. The Balaban J connectivity index is 2.04. The number of hydroxylamine groups is 3. The molecule has 0 aromatic heterocycles. The van der Waals surface area contributed by atoms with Crippen LogP contribution in [0.2, 0.25) is 0 Å². The molecule has 0 saturated carbocycles. The van der Waals surface area contributed by atoms with Gasteiger partial charge in [0.1, 0.15) is 11.3 Å². The third kappa shape index (κ3) is 3.11. The highest BCUT2D eigenvalue weighted by atomic mass is 16.6. The number of rotatable bonds is 4. The van der Waals surface area contributed by atoms with E-state index >= 15 is 0 Å². The van der Waals surface area contributed by atoms with Crippen molar-refractivity contribution in [2.75, 3.05) is 5.43 Å². The molecule has 0 amide bonds. The van der Waals surface area contributed by atoms with E-state index in [0.29, 0.717) is 11.4 Å². The lowest BCUT2D eigenvalue weighted by Crippen LogP contribution is -2.57. The molecule has 0 spiro atoms. The zero-order valence-corrected chi connectivity index (χ0v) is 16.4. The molecule has 2 aromatic rings. The number of nitrogens with zero attached hydrogens (tertiary/aromatic N) is 3. The summed E-state index contributed by atoms with van der Waals surface area (Å²) >= 11 is 0. The molecule has 6 heteroatoms. The Morgan fingerprint density at radius 1 is 1.07 bits per heavy atom. The Morgan fingerprint density at radius 3 is 2.26 bits per heavy atom. The van der Waals surface area contributed by atoms with Crippen LogP contribution in [-0.2, 0) is 0 Å². The summed E-state index contributed by atoms with van der Waals surface area (Å²) in [6.45, 7) is 9.07. The van der Waals surface area contributed by atoms with E-state index in [1.807, 2.05) is 75.4 Å². The van der Waals surface area contributed by atoms with Crippen molar-refractivity contribution in [2.45, 2.75) is 45.8 Å². The Labute approximate surface area is 160 Å². The van der Waals surface area contributed by atoms with Gasteiger partial charge in [-0.15, -0.1) is 5.06 Å². The third-order valence-corrected chi connectivity index (χ3v) is 5.26. The maximum Gasteiger partial charge on any atom is 0.289 e. The van der Waals surface area contributed by atoms with Crippen LogP contribution in [0.4, 0.5) is 5.69 Å². The summed E-state index contributed by atoms with van der Waals surface area (Å²) in [4.78, 5) is 0. The van der Waals surface area contributed by atoms with Crippen LogP contribution in [-0.4, -0.2) is 37.6 Å². The van der Waals surface area contributed by atoms with Gasteiger partial charge in [0.05, 0.1) is 5.69 Å². The molecule has 27 heavy (non-hydrogen) atoms. The first-order chi connectivity index (χ1) is 12.7. The number of hydrogen-bond donors (Lipinski definition) is 2. The first-order valence-corrected chi connectivity index (χ1v) is 8.96. The number of anilines is 1. The summed E-state index contributed by atoms with van der Waals surface area (Å²) in [6.07, 6.45) is 0. The summed E-state index contributed by atoms with van der Waals surface area (Å²) in [5.41, 5.74) is 4.41. The van der Waals surface area contributed by atoms with Gasteiger partial charge in [-0.3, -0.25) is 5.43 Å². The van der Waals surface area contributed by atoms with Crippen LogP contribution in [0, 0.1) is 12.1 Å². The second-order valence-electron chi connectivity index (χ2n) is 7.58. The van der Waals surface area contributed by atoms with Gasteiger partial charge in [-0.1, -0.05) is 35.9 Å². The highest BCUT2D eigenvalue weighted by Crippen LogP contribution is 2.36. The van der Waals surface area contributed by atoms with E-state index in [-0.39, 0.29) is 0 Å². The number of nitrogens with one attached hydrogen (secondary N) is 1. The van der Waals surface area contributed by atoms with Crippen molar-refractivity contribution in [1.29, 1.82) is 0 Å². The van der Waals surface area contributed by atoms with Crippen LogP contribution < -0.4 is 5.43 Å². The Morgan fingerprint density at radius 2 is 1.67 bits per heavy atom. The molecule has 6 nitrogen and oxygen atoms in total. The molecule has 0 saturated heterocycles. The fraction of sp³-hybridized carbons (Fsp3) is 0.333. The van der Waals surface area contributed by atoms with Crippen molar-refractivity contribution in [3.63, 3.8) is 0 Å². The minimum atomic E-state index is -1.33. The topological polar surface area (TPSA) is 73.9 Å². The highest BCUT2D eigenvalue weighted by molar-refractivity contribution is 6.06. The molecule has 1 atom stereocenters. The van der Waals surface area contributed by atoms with E-state index in [4.69, 9.17) is 0 Å². The number of hydrogen-bond acceptors (Lipinski definition) is 5. The summed E-state index contributed by atoms with van der Waals surface area (Å²) in [7, 11) is 0. The Bertz CT molecular complexity index is 888. The number of benzene rings is 2. The quantitative estimate of drug-likeness (QED) is 0.371. The maximum absolute atomic E-state index is 13.4. The molecule has 0 radical (unpaired) electrons. The van der Waals surface area contributed by atoms with Crippen LogP contribution in [0.5, 0.6) is 0 Å². The van der Waals surface area contributed by atoms with E-state index in [2.05, 4.69) is 10.5 Å². The number of para-hydroxylation sites is 1. The molecule has 142 valence electrons. The van der Waals surface area contributed by atoms with Crippen molar-refractivity contribution in [3.8, 4) is 0 Å². The van der Waals surface area contributed by atoms with Gasteiger partial charge < -0.3 is 10.4 Å². The van der Waals surface area contributed by atoms with Crippen LogP contribution in [0.25, 0.3) is 0 Å². The van der Waals surface area contributed by atoms with Gasteiger partial charge in [0.2, 0.25) is 5.71 Å². The number of aryl methyl sites for hydroxylation is 1. The van der Waals surface area contributed by atoms with E-state index < -0.39 is 11.2 Å². The first kappa shape index (κ1) is 19.1. The molecule has 0 fully saturated rings. The van der Waals surface area contributed by atoms with Crippen molar-refractivity contribution in [2.24, 2.45) is 5.10 Å². The van der Waals surface area contributed by atoms with E-state index in [9.17, 15) is 10.4 Å².